The minimum absolute atomic E-state index is 0.000797. The van der Waals surface area contributed by atoms with Crippen molar-refractivity contribution in [3.63, 3.8) is 0 Å². The quantitative estimate of drug-likeness (QED) is 0.0494. The summed E-state index contributed by atoms with van der Waals surface area (Å²) in [6.07, 6.45) is 0. The molecule has 0 amide bonds. The number of benzene rings is 9. The summed E-state index contributed by atoms with van der Waals surface area (Å²) in [6.45, 7) is 0. The van der Waals surface area contributed by atoms with Gasteiger partial charge in [0, 0.05) is 43.4 Å². The predicted octanol–water partition coefficient (Wildman–Crippen LogP) is 11.4. The Labute approximate surface area is 322 Å². The van der Waals surface area contributed by atoms with Crippen LogP contribution in [0.25, 0.3) is 98.8 Å². The van der Waals surface area contributed by atoms with Crippen LogP contribution in [0.5, 0.6) is 46.0 Å². The summed E-state index contributed by atoms with van der Waals surface area (Å²) in [5.74, 6) is -7.35. The highest BCUT2D eigenvalue weighted by atomic mass is 16.4. The zero-order valence-electron chi connectivity index (χ0n) is 29.7. The van der Waals surface area contributed by atoms with Gasteiger partial charge in [-0.1, -0.05) is 109 Å². The van der Waals surface area contributed by atoms with Crippen molar-refractivity contribution < 1.29 is 45.3 Å². The smallest absolute Gasteiger partial charge is 0.204 e. The molecule has 57 heavy (non-hydrogen) atoms. The van der Waals surface area contributed by atoms with Crippen molar-refractivity contribution in [2.45, 2.75) is 0 Å². The van der Waals surface area contributed by atoms with Gasteiger partial charge in [-0.15, -0.1) is 0 Å². The van der Waals surface area contributed by atoms with Gasteiger partial charge in [0.25, 0.3) is 0 Å². The van der Waals surface area contributed by atoms with Crippen LogP contribution < -0.4 is 0 Å². The third kappa shape index (κ3) is 4.89. The Kier molecular flexibility index (Phi) is 7.20. The number of rotatable bonds is 4. The summed E-state index contributed by atoms with van der Waals surface area (Å²) >= 11 is 0. The molecule has 0 aliphatic heterocycles. The van der Waals surface area contributed by atoms with Crippen molar-refractivity contribution in [2.75, 3.05) is 0 Å². The van der Waals surface area contributed by atoms with Gasteiger partial charge in [0.05, 0.1) is 0 Å². The first-order valence-corrected chi connectivity index (χ1v) is 18.0. The number of hydrogen-bond acceptors (Lipinski definition) is 9. The molecular weight excluding hydrogens is 721 g/mol. The average Bonchev–Trinajstić information content (AvgIpc) is 3.61. The van der Waals surface area contributed by atoms with Crippen molar-refractivity contribution in [2.24, 2.45) is 0 Å². The molecule has 10 aromatic rings. The standard InChI is InChI=1S/C48H30O9/c49-41-37-35(26-6-2-1-3-7-26)38-40(44(52)48(56)46(54)42(38)50)36(39(37)43(51)47(55)45(41)53)27-16-14-24(15-17-27)23-10-12-25(13-11-23)30-18-19-33-31(21-30)32-20-28-8-4-5-9-29(28)22-34(32)57-33/h1-22,49-56H. The lowest BCUT2D eigenvalue weighted by molar-refractivity contribution is 0.350. The fourth-order valence-corrected chi connectivity index (χ4v) is 8.13. The van der Waals surface area contributed by atoms with Crippen molar-refractivity contribution >= 4 is 54.3 Å². The highest BCUT2D eigenvalue weighted by Gasteiger charge is 2.32. The first-order valence-electron chi connectivity index (χ1n) is 18.0. The molecule has 0 fully saturated rings. The molecule has 8 N–H and O–H groups in total. The van der Waals surface area contributed by atoms with E-state index in [4.69, 9.17) is 4.42 Å². The molecule has 0 aliphatic carbocycles. The van der Waals surface area contributed by atoms with Gasteiger partial charge in [-0.05, 0) is 68.4 Å². The highest BCUT2D eigenvalue weighted by molar-refractivity contribution is 6.29. The minimum Gasteiger partial charge on any atom is -0.504 e. The van der Waals surface area contributed by atoms with Crippen LogP contribution in [0.4, 0.5) is 0 Å². The van der Waals surface area contributed by atoms with Gasteiger partial charge in [0.2, 0.25) is 23.0 Å². The normalized spacial score (nSPS) is 11.7. The fourth-order valence-electron chi connectivity index (χ4n) is 8.13. The Morgan fingerprint density at radius 3 is 1.14 bits per heavy atom. The van der Waals surface area contributed by atoms with Crippen molar-refractivity contribution in [3.05, 3.63) is 133 Å². The molecule has 1 heterocycles. The zero-order chi connectivity index (χ0) is 39.3. The summed E-state index contributed by atoms with van der Waals surface area (Å²) < 4.78 is 6.19. The summed E-state index contributed by atoms with van der Waals surface area (Å²) in [4.78, 5) is 0. The van der Waals surface area contributed by atoms with Gasteiger partial charge in [0.1, 0.15) is 11.2 Å². The SMILES string of the molecule is Oc1c(O)c(O)c2c(-c3ccc(-c4ccc(-c5ccc6oc7cc8ccccc8cc7c6c5)cc4)cc3)c3c(O)c(O)c(O)c(O)c3c(-c3ccccc3)c2c1O. The van der Waals surface area contributed by atoms with Crippen LogP contribution in [0.2, 0.25) is 0 Å². The summed E-state index contributed by atoms with van der Waals surface area (Å²) in [5.41, 5.74) is 6.02. The van der Waals surface area contributed by atoms with Crippen LogP contribution in [-0.4, -0.2) is 40.9 Å². The van der Waals surface area contributed by atoms with E-state index < -0.39 is 46.0 Å². The molecule has 9 nitrogen and oxygen atoms in total. The number of hydrogen-bond donors (Lipinski definition) is 8. The third-order valence-corrected chi connectivity index (χ3v) is 10.9. The lowest BCUT2D eigenvalue weighted by Crippen LogP contribution is -1.94. The van der Waals surface area contributed by atoms with Gasteiger partial charge in [-0.2, -0.15) is 0 Å². The summed E-state index contributed by atoms with van der Waals surface area (Å²) in [6, 6.07) is 41.9. The second kappa shape index (κ2) is 12.2. The molecule has 10 rings (SSSR count). The van der Waals surface area contributed by atoms with Gasteiger partial charge in [-0.25, -0.2) is 0 Å². The number of furan rings is 1. The molecule has 0 aliphatic rings. The Hall–Kier alpha value is -8.04. The fraction of sp³-hybridized carbons (Fsp3) is 0. The maximum Gasteiger partial charge on any atom is 0.204 e. The molecule has 0 radical (unpaired) electrons. The van der Waals surface area contributed by atoms with E-state index in [1.807, 2.05) is 48.5 Å². The molecule has 0 saturated heterocycles. The van der Waals surface area contributed by atoms with Gasteiger partial charge < -0.3 is 45.3 Å². The van der Waals surface area contributed by atoms with Crippen LogP contribution >= 0.6 is 0 Å². The molecule has 0 bridgehead atoms. The molecule has 0 atom stereocenters. The van der Waals surface area contributed by atoms with Gasteiger partial charge in [-0.3, -0.25) is 0 Å². The number of fused-ring (bicyclic) bond motifs is 6. The van der Waals surface area contributed by atoms with Crippen LogP contribution in [0, 0.1) is 0 Å². The Balaban J connectivity index is 1.11. The third-order valence-electron chi connectivity index (χ3n) is 10.9. The van der Waals surface area contributed by atoms with Crippen LogP contribution in [0.15, 0.2) is 138 Å². The molecule has 9 heteroatoms. The molecule has 0 spiro atoms. The van der Waals surface area contributed by atoms with E-state index in [1.165, 1.54) is 0 Å². The van der Waals surface area contributed by atoms with Crippen molar-refractivity contribution in [1.29, 1.82) is 0 Å². The van der Waals surface area contributed by atoms with Crippen LogP contribution in [0.3, 0.4) is 0 Å². The Morgan fingerprint density at radius 1 is 0.281 bits per heavy atom. The molecule has 9 aromatic carbocycles. The van der Waals surface area contributed by atoms with E-state index in [1.54, 1.807) is 54.6 Å². The van der Waals surface area contributed by atoms with E-state index in [2.05, 4.69) is 30.3 Å². The maximum absolute atomic E-state index is 11.4. The second-order valence-corrected chi connectivity index (χ2v) is 14.1. The van der Waals surface area contributed by atoms with E-state index in [0.717, 1.165) is 55.0 Å². The molecule has 276 valence electrons. The Morgan fingerprint density at radius 2 is 0.649 bits per heavy atom. The summed E-state index contributed by atoms with van der Waals surface area (Å²) in [5, 5.41) is 92.1. The largest absolute Gasteiger partial charge is 0.504 e. The second-order valence-electron chi connectivity index (χ2n) is 14.1. The van der Waals surface area contributed by atoms with Crippen LogP contribution in [-0.2, 0) is 0 Å². The minimum atomic E-state index is -1.02. The lowest BCUT2D eigenvalue weighted by Gasteiger charge is -2.22. The van der Waals surface area contributed by atoms with E-state index in [-0.39, 0.29) is 32.7 Å². The van der Waals surface area contributed by atoms with E-state index in [0.29, 0.717) is 11.1 Å². The number of phenolic OH excluding ortho intramolecular Hbond substituents is 8. The first-order chi connectivity index (χ1) is 27.6. The lowest BCUT2D eigenvalue weighted by atomic mass is 9.83. The summed E-state index contributed by atoms with van der Waals surface area (Å²) in [7, 11) is 0. The predicted molar refractivity (Wildman–Crippen MR) is 221 cm³/mol. The number of aromatic hydroxyl groups is 8. The van der Waals surface area contributed by atoms with Crippen LogP contribution in [0.1, 0.15) is 0 Å². The molecule has 0 unspecified atom stereocenters. The zero-order valence-corrected chi connectivity index (χ0v) is 29.7. The maximum atomic E-state index is 11.4. The number of phenols is 8. The van der Waals surface area contributed by atoms with E-state index >= 15 is 0 Å². The van der Waals surface area contributed by atoms with E-state index in [9.17, 15) is 40.9 Å². The first kappa shape index (κ1) is 33.5. The Bertz CT molecular complexity index is 3210. The van der Waals surface area contributed by atoms with Crippen molar-refractivity contribution in [3.8, 4) is 90.5 Å². The molecule has 0 saturated carbocycles. The van der Waals surface area contributed by atoms with Gasteiger partial charge in [0.15, 0.2) is 23.0 Å². The molecule has 1 aromatic heterocycles. The average molecular weight is 751 g/mol. The monoisotopic (exact) mass is 750 g/mol. The topological polar surface area (TPSA) is 175 Å². The van der Waals surface area contributed by atoms with Crippen molar-refractivity contribution in [1.82, 2.24) is 0 Å². The van der Waals surface area contributed by atoms with Gasteiger partial charge >= 0.3 is 0 Å². The highest BCUT2D eigenvalue weighted by Crippen LogP contribution is 2.61. The molecular formula is C48H30O9.